The Hall–Kier alpha value is -3.40. The molecule has 0 atom stereocenters. The highest BCUT2D eigenvalue weighted by Crippen LogP contribution is 2.25. The van der Waals surface area contributed by atoms with Gasteiger partial charge in [0, 0.05) is 23.2 Å². The van der Waals surface area contributed by atoms with Crippen LogP contribution in [-0.2, 0) is 6.42 Å². The molecule has 0 bridgehead atoms. The van der Waals surface area contributed by atoms with Crippen LogP contribution in [0, 0.1) is 6.92 Å². The van der Waals surface area contributed by atoms with Gasteiger partial charge in [-0.1, -0.05) is 61.5 Å². The van der Waals surface area contributed by atoms with Crippen LogP contribution < -0.4 is 5.32 Å². The molecule has 27 heavy (non-hydrogen) atoms. The average molecular weight is 355 g/mol. The summed E-state index contributed by atoms with van der Waals surface area (Å²) in [4.78, 5) is 17.6. The molecule has 0 unspecified atom stereocenters. The molecule has 0 fully saturated rings. The summed E-state index contributed by atoms with van der Waals surface area (Å²) in [7, 11) is 0. The van der Waals surface area contributed by atoms with E-state index in [9.17, 15) is 4.79 Å². The average Bonchev–Trinajstić information content (AvgIpc) is 3.05. The zero-order chi connectivity index (χ0) is 18.8. The van der Waals surface area contributed by atoms with Crippen LogP contribution in [-0.4, -0.2) is 15.5 Å². The van der Waals surface area contributed by atoms with Crippen molar-refractivity contribution in [1.82, 2.24) is 9.55 Å². The number of aromatic nitrogens is 2. The van der Waals surface area contributed by atoms with Crippen LogP contribution in [0.2, 0.25) is 0 Å². The second-order valence-corrected chi connectivity index (χ2v) is 6.47. The van der Waals surface area contributed by atoms with E-state index in [0.29, 0.717) is 5.69 Å². The maximum Gasteiger partial charge on any atom is 0.276 e. The molecule has 1 amide bonds. The number of aryl methyl sites for hydroxylation is 1. The lowest BCUT2D eigenvalue weighted by molar-refractivity contribution is 0.102. The fourth-order valence-electron chi connectivity index (χ4n) is 3.45. The number of hydrogen-bond acceptors (Lipinski definition) is 2. The van der Waals surface area contributed by atoms with E-state index in [0.717, 1.165) is 40.1 Å². The van der Waals surface area contributed by atoms with Gasteiger partial charge >= 0.3 is 0 Å². The largest absolute Gasteiger partial charge is 0.320 e. The molecule has 0 spiro atoms. The van der Waals surface area contributed by atoms with Crippen molar-refractivity contribution in [3.05, 3.63) is 90.0 Å². The molecule has 0 saturated carbocycles. The van der Waals surface area contributed by atoms with Gasteiger partial charge in [0.2, 0.25) is 0 Å². The monoisotopic (exact) mass is 355 g/mol. The molecular formula is C23H21N3O. The summed E-state index contributed by atoms with van der Waals surface area (Å²) in [5.41, 5.74) is 3.12. The fraction of sp³-hybridized carbons (Fsp3) is 0.130. The normalized spacial score (nSPS) is 10.9. The van der Waals surface area contributed by atoms with Crippen molar-refractivity contribution in [2.24, 2.45) is 0 Å². The van der Waals surface area contributed by atoms with Gasteiger partial charge in [-0.3, -0.25) is 4.79 Å². The predicted octanol–water partition coefficient (Wildman–Crippen LogP) is 5.15. The number of benzene rings is 3. The molecule has 4 heteroatoms. The van der Waals surface area contributed by atoms with Crippen LogP contribution in [0.25, 0.3) is 16.5 Å². The molecule has 0 aliphatic heterocycles. The number of para-hydroxylation sites is 1. The Labute approximate surface area is 158 Å². The van der Waals surface area contributed by atoms with Gasteiger partial charge in [0.25, 0.3) is 5.91 Å². The van der Waals surface area contributed by atoms with Crippen LogP contribution in [0.3, 0.4) is 0 Å². The summed E-state index contributed by atoms with van der Waals surface area (Å²) in [6, 6.07) is 23.9. The number of anilines is 1. The predicted molar refractivity (Wildman–Crippen MR) is 110 cm³/mol. The molecule has 134 valence electrons. The van der Waals surface area contributed by atoms with Crippen molar-refractivity contribution in [3.8, 4) is 5.69 Å². The minimum atomic E-state index is -0.187. The Bertz CT molecular complexity index is 1110. The van der Waals surface area contributed by atoms with E-state index < -0.39 is 0 Å². The molecule has 0 aliphatic carbocycles. The van der Waals surface area contributed by atoms with Crippen molar-refractivity contribution in [2.75, 3.05) is 5.32 Å². The summed E-state index contributed by atoms with van der Waals surface area (Å²) in [5, 5.41) is 5.15. The number of nitrogens with zero attached hydrogens (tertiary/aromatic N) is 2. The summed E-state index contributed by atoms with van der Waals surface area (Å²) in [6.45, 7) is 3.99. The Morgan fingerprint density at radius 1 is 0.963 bits per heavy atom. The maximum atomic E-state index is 13.0. The minimum absolute atomic E-state index is 0.187. The standard InChI is InChI=1S/C23H21N3O/c1-3-21-25-22(16(2)26(21)18-12-5-4-6-13-18)23(27)24-20-15-9-11-17-10-7-8-14-19(17)20/h4-15H,3H2,1-2H3,(H,24,27). The summed E-state index contributed by atoms with van der Waals surface area (Å²) in [6.07, 6.45) is 0.747. The highest BCUT2D eigenvalue weighted by molar-refractivity contribution is 6.08. The lowest BCUT2D eigenvalue weighted by Gasteiger charge is -2.10. The molecular weight excluding hydrogens is 334 g/mol. The highest BCUT2D eigenvalue weighted by atomic mass is 16.1. The molecule has 4 nitrogen and oxygen atoms in total. The number of fused-ring (bicyclic) bond motifs is 1. The van der Waals surface area contributed by atoms with E-state index >= 15 is 0 Å². The minimum Gasteiger partial charge on any atom is -0.320 e. The molecule has 3 aromatic carbocycles. The third-order valence-corrected chi connectivity index (χ3v) is 4.76. The number of amides is 1. The number of carbonyl (C=O) groups excluding carboxylic acids is 1. The quantitative estimate of drug-likeness (QED) is 0.550. The molecule has 1 N–H and O–H groups in total. The summed E-state index contributed by atoms with van der Waals surface area (Å²) >= 11 is 0. The number of imidazole rings is 1. The van der Waals surface area contributed by atoms with E-state index in [2.05, 4.69) is 14.9 Å². The maximum absolute atomic E-state index is 13.0. The van der Waals surface area contributed by atoms with Gasteiger partial charge < -0.3 is 9.88 Å². The SMILES string of the molecule is CCc1nc(C(=O)Nc2cccc3ccccc23)c(C)n1-c1ccccc1. The second kappa shape index (κ2) is 7.08. The van der Waals surface area contributed by atoms with Gasteiger partial charge in [-0.25, -0.2) is 4.98 Å². The van der Waals surface area contributed by atoms with E-state index in [1.54, 1.807) is 0 Å². The van der Waals surface area contributed by atoms with Crippen molar-refractivity contribution in [2.45, 2.75) is 20.3 Å². The van der Waals surface area contributed by atoms with Gasteiger partial charge in [0.15, 0.2) is 0 Å². The molecule has 1 heterocycles. The zero-order valence-corrected chi connectivity index (χ0v) is 15.4. The van der Waals surface area contributed by atoms with Crippen LogP contribution >= 0.6 is 0 Å². The first-order valence-corrected chi connectivity index (χ1v) is 9.11. The second-order valence-electron chi connectivity index (χ2n) is 6.47. The zero-order valence-electron chi connectivity index (χ0n) is 15.4. The smallest absolute Gasteiger partial charge is 0.276 e. The topological polar surface area (TPSA) is 46.9 Å². The first-order valence-electron chi connectivity index (χ1n) is 9.11. The van der Waals surface area contributed by atoms with E-state index in [1.165, 1.54) is 0 Å². The lowest BCUT2D eigenvalue weighted by atomic mass is 10.1. The van der Waals surface area contributed by atoms with Crippen molar-refractivity contribution >= 4 is 22.4 Å². The summed E-state index contributed by atoms with van der Waals surface area (Å²) < 4.78 is 2.05. The van der Waals surface area contributed by atoms with Crippen molar-refractivity contribution in [3.63, 3.8) is 0 Å². The Kier molecular flexibility index (Phi) is 4.47. The molecule has 0 saturated heterocycles. The Morgan fingerprint density at radius 3 is 2.44 bits per heavy atom. The number of nitrogens with one attached hydrogen (secondary N) is 1. The molecule has 4 aromatic rings. The van der Waals surface area contributed by atoms with Crippen molar-refractivity contribution in [1.29, 1.82) is 0 Å². The Morgan fingerprint density at radius 2 is 1.67 bits per heavy atom. The van der Waals surface area contributed by atoms with Crippen LogP contribution in [0.1, 0.15) is 28.9 Å². The Balaban J connectivity index is 1.73. The van der Waals surface area contributed by atoms with Crippen molar-refractivity contribution < 1.29 is 4.79 Å². The third kappa shape index (κ3) is 3.10. The van der Waals surface area contributed by atoms with Gasteiger partial charge in [0.1, 0.15) is 11.5 Å². The fourth-order valence-corrected chi connectivity index (χ4v) is 3.45. The van der Waals surface area contributed by atoms with Crippen LogP contribution in [0.4, 0.5) is 5.69 Å². The first-order chi connectivity index (χ1) is 13.2. The molecule has 0 aliphatic rings. The number of rotatable bonds is 4. The van der Waals surface area contributed by atoms with Gasteiger partial charge in [-0.15, -0.1) is 0 Å². The number of carbonyl (C=O) groups is 1. The number of hydrogen-bond donors (Lipinski definition) is 1. The molecule has 0 radical (unpaired) electrons. The third-order valence-electron chi connectivity index (χ3n) is 4.76. The summed E-state index contributed by atoms with van der Waals surface area (Å²) in [5.74, 6) is 0.690. The van der Waals surface area contributed by atoms with E-state index in [1.807, 2.05) is 86.6 Å². The van der Waals surface area contributed by atoms with E-state index in [-0.39, 0.29) is 5.91 Å². The van der Waals surface area contributed by atoms with E-state index in [4.69, 9.17) is 0 Å². The first kappa shape index (κ1) is 17.0. The molecule has 1 aromatic heterocycles. The molecule has 4 rings (SSSR count). The van der Waals surface area contributed by atoms with Crippen LogP contribution in [0.15, 0.2) is 72.8 Å². The van der Waals surface area contributed by atoms with Crippen LogP contribution in [0.5, 0.6) is 0 Å². The lowest BCUT2D eigenvalue weighted by Crippen LogP contribution is -2.14. The van der Waals surface area contributed by atoms with Gasteiger partial charge in [-0.05, 0) is 30.5 Å². The van der Waals surface area contributed by atoms with Gasteiger partial charge in [0.05, 0.1) is 5.69 Å². The van der Waals surface area contributed by atoms with Gasteiger partial charge in [-0.2, -0.15) is 0 Å². The highest BCUT2D eigenvalue weighted by Gasteiger charge is 2.20.